The monoisotopic (exact) mass is 478 g/mol. The molecule has 2 aromatic rings. The van der Waals surface area contributed by atoms with Crippen LogP contribution in [0.2, 0.25) is 0 Å². The van der Waals surface area contributed by atoms with Crippen molar-refractivity contribution in [2.45, 2.75) is 51.9 Å². The van der Waals surface area contributed by atoms with Gasteiger partial charge in [-0.15, -0.1) is 11.3 Å². The first-order valence-corrected chi connectivity index (χ1v) is 12.5. The average molecular weight is 479 g/mol. The summed E-state index contributed by atoms with van der Waals surface area (Å²) in [5, 5.41) is 12.4. The predicted molar refractivity (Wildman–Crippen MR) is 128 cm³/mol. The third kappa shape index (κ3) is 7.50. The lowest BCUT2D eigenvalue weighted by Crippen LogP contribution is -2.48. The lowest BCUT2D eigenvalue weighted by atomic mass is 10.0. The van der Waals surface area contributed by atoms with Gasteiger partial charge in [-0.2, -0.15) is 0 Å². The van der Waals surface area contributed by atoms with Crippen LogP contribution in [0.25, 0.3) is 0 Å². The van der Waals surface area contributed by atoms with E-state index in [1.165, 1.54) is 17.0 Å². The lowest BCUT2D eigenvalue weighted by molar-refractivity contribution is -0.136. The van der Waals surface area contributed by atoms with Crippen molar-refractivity contribution in [3.8, 4) is 5.75 Å². The van der Waals surface area contributed by atoms with E-state index in [1.54, 1.807) is 23.5 Å². The number of hydrogen-bond donors (Lipinski definition) is 1. The highest BCUT2D eigenvalue weighted by Gasteiger charge is 2.33. The average Bonchev–Trinajstić information content (AvgIpc) is 3.26. The molecule has 1 N–H and O–H groups in total. The second kappa shape index (κ2) is 12.5. The second-order valence-corrected chi connectivity index (χ2v) is 9.69. The highest BCUT2D eigenvalue weighted by atomic mass is 32.1. The third-order valence-corrected chi connectivity index (χ3v) is 6.62. The first kappa shape index (κ1) is 25.6. The fourth-order valence-corrected chi connectivity index (χ4v) is 5.00. The smallest absolute Gasteiger partial charge is 0.237 e. The van der Waals surface area contributed by atoms with Gasteiger partial charge in [0, 0.05) is 18.0 Å². The Morgan fingerprint density at radius 2 is 2.06 bits per heavy atom. The molecule has 1 aliphatic heterocycles. The number of aliphatic hydroxyl groups is 1. The predicted octanol–water partition coefficient (Wildman–Crippen LogP) is 3.89. The number of hydrogen-bond acceptors (Lipinski definition) is 6. The van der Waals surface area contributed by atoms with Crippen molar-refractivity contribution < 1.29 is 23.8 Å². The molecule has 182 valence electrons. The molecular formula is C25H35FN2O4S. The molecule has 2 heterocycles. The first-order chi connectivity index (χ1) is 15.9. The molecule has 0 bridgehead atoms. The Morgan fingerprint density at radius 3 is 2.76 bits per heavy atom. The normalized spacial score (nSPS) is 16.8. The molecule has 1 aromatic carbocycles. The van der Waals surface area contributed by atoms with E-state index in [2.05, 4.69) is 18.4 Å². The Labute approximate surface area is 199 Å². The maximum absolute atomic E-state index is 13.4. The number of amides is 1. The summed E-state index contributed by atoms with van der Waals surface area (Å²) in [6.07, 6.45) is 1.12. The van der Waals surface area contributed by atoms with E-state index >= 15 is 0 Å². The molecule has 0 aliphatic carbocycles. The first-order valence-electron chi connectivity index (χ1n) is 11.6. The minimum Gasteiger partial charge on any atom is -0.491 e. The van der Waals surface area contributed by atoms with Crippen molar-refractivity contribution in [1.29, 1.82) is 0 Å². The van der Waals surface area contributed by atoms with Crippen LogP contribution < -0.4 is 4.74 Å². The molecule has 1 aliphatic rings. The molecule has 0 fully saturated rings. The molecule has 8 heteroatoms. The zero-order valence-electron chi connectivity index (χ0n) is 19.7. The van der Waals surface area contributed by atoms with Crippen LogP contribution in [0.3, 0.4) is 0 Å². The molecule has 0 unspecified atom stereocenters. The number of carbonyl (C=O) groups excluding carboxylic acids is 1. The van der Waals surface area contributed by atoms with Crippen LogP contribution >= 0.6 is 11.3 Å². The molecule has 33 heavy (non-hydrogen) atoms. The fraction of sp³-hybridized carbons (Fsp3) is 0.560. The van der Waals surface area contributed by atoms with Crippen molar-refractivity contribution in [3.05, 3.63) is 52.0 Å². The Kier molecular flexibility index (Phi) is 9.67. The van der Waals surface area contributed by atoms with Crippen LogP contribution in [-0.4, -0.2) is 72.4 Å². The minimum atomic E-state index is -0.644. The highest BCUT2D eigenvalue weighted by molar-refractivity contribution is 7.10. The number of carbonyl (C=O) groups is 1. The van der Waals surface area contributed by atoms with Crippen molar-refractivity contribution in [1.82, 2.24) is 9.80 Å². The van der Waals surface area contributed by atoms with Crippen molar-refractivity contribution in [2.75, 3.05) is 39.4 Å². The molecule has 0 radical (unpaired) electrons. The van der Waals surface area contributed by atoms with E-state index in [-0.39, 0.29) is 37.0 Å². The van der Waals surface area contributed by atoms with Crippen LogP contribution in [0.5, 0.6) is 5.75 Å². The van der Waals surface area contributed by atoms with E-state index < -0.39 is 6.10 Å². The van der Waals surface area contributed by atoms with Crippen molar-refractivity contribution in [2.24, 2.45) is 0 Å². The van der Waals surface area contributed by atoms with Gasteiger partial charge in [0.15, 0.2) is 0 Å². The van der Waals surface area contributed by atoms with Gasteiger partial charge >= 0.3 is 0 Å². The van der Waals surface area contributed by atoms with Crippen LogP contribution in [0.4, 0.5) is 4.39 Å². The summed E-state index contributed by atoms with van der Waals surface area (Å²) in [7, 11) is 0. The van der Waals surface area contributed by atoms with Crippen molar-refractivity contribution in [3.63, 3.8) is 0 Å². The summed E-state index contributed by atoms with van der Waals surface area (Å²) in [5.41, 5.74) is 1.12. The zero-order chi connectivity index (χ0) is 23.8. The van der Waals surface area contributed by atoms with Crippen LogP contribution in [0.1, 0.15) is 43.7 Å². The molecule has 3 rings (SSSR count). The number of nitrogens with zero attached hydrogens (tertiary/aromatic N) is 2. The van der Waals surface area contributed by atoms with Gasteiger partial charge in [0.1, 0.15) is 18.2 Å². The largest absolute Gasteiger partial charge is 0.491 e. The molecule has 0 saturated carbocycles. The van der Waals surface area contributed by atoms with Gasteiger partial charge in [-0.1, -0.05) is 6.92 Å². The van der Waals surface area contributed by atoms with E-state index in [0.29, 0.717) is 25.4 Å². The SMILES string of the molecule is CCCN(CC(=O)N1CCc2sccc2[C@@H]1COc1ccc(F)cc1)C[C@@H](O)COC(C)C. The van der Waals surface area contributed by atoms with Crippen molar-refractivity contribution >= 4 is 17.2 Å². The van der Waals surface area contributed by atoms with E-state index in [4.69, 9.17) is 9.47 Å². The number of thiophene rings is 1. The number of fused-ring (bicyclic) bond motifs is 1. The number of ether oxygens (including phenoxy) is 2. The molecular weight excluding hydrogens is 443 g/mol. The summed E-state index contributed by atoms with van der Waals surface area (Å²) in [4.78, 5) is 18.6. The number of aliphatic hydroxyl groups excluding tert-OH is 1. The van der Waals surface area contributed by atoms with Gasteiger partial charge in [0.2, 0.25) is 5.91 Å². The standard InChI is InChI=1S/C25H35FN2O4S/c1-4-11-27(14-20(29)16-31-18(2)3)15-25(30)28-12-9-24-22(10-13-33-24)23(28)17-32-21-7-5-19(26)6-8-21/h5-8,10,13,18,20,23,29H,4,9,11-12,14-17H2,1-3H3/t20-,23+/m1/s1. The molecule has 0 saturated heterocycles. The van der Waals surface area contributed by atoms with Crippen LogP contribution in [0, 0.1) is 5.82 Å². The van der Waals surface area contributed by atoms with Crippen LogP contribution in [0.15, 0.2) is 35.7 Å². The minimum absolute atomic E-state index is 0.0185. The van der Waals surface area contributed by atoms with Gasteiger partial charge in [0.05, 0.1) is 31.4 Å². The number of rotatable bonds is 12. The molecule has 2 atom stereocenters. The Hall–Kier alpha value is -2.00. The summed E-state index contributed by atoms with van der Waals surface area (Å²) in [5.74, 6) is 0.283. The Morgan fingerprint density at radius 1 is 1.30 bits per heavy atom. The van der Waals surface area contributed by atoms with Gasteiger partial charge in [0.25, 0.3) is 0 Å². The fourth-order valence-electron chi connectivity index (χ4n) is 4.07. The van der Waals surface area contributed by atoms with Gasteiger partial charge in [-0.3, -0.25) is 9.69 Å². The van der Waals surface area contributed by atoms with E-state index in [1.807, 2.05) is 23.6 Å². The third-order valence-electron chi connectivity index (χ3n) is 5.63. The zero-order valence-corrected chi connectivity index (χ0v) is 20.5. The number of halogens is 1. The topological polar surface area (TPSA) is 62.2 Å². The highest BCUT2D eigenvalue weighted by Crippen LogP contribution is 2.34. The Bertz CT molecular complexity index is 874. The van der Waals surface area contributed by atoms with Crippen LogP contribution in [-0.2, 0) is 16.0 Å². The maximum Gasteiger partial charge on any atom is 0.237 e. The molecule has 1 aromatic heterocycles. The van der Waals surface area contributed by atoms with Gasteiger partial charge in [-0.05, 0) is 74.5 Å². The van der Waals surface area contributed by atoms with Gasteiger partial charge in [-0.25, -0.2) is 4.39 Å². The quantitative estimate of drug-likeness (QED) is 0.502. The molecule has 6 nitrogen and oxygen atoms in total. The van der Waals surface area contributed by atoms with Gasteiger partial charge < -0.3 is 19.5 Å². The number of benzene rings is 1. The summed E-state index contributed by atoms with van der Waals surface area (Å²) in [6, 6.07) is 7.80. The van der Waals surface area contributed by atoms with E-state index in [0.717, 1.165) is 24.9 Å². The summed E-state index contributed by atoms with van der Waals surface area (Å²) in [6.45, 7) is 8.46. The molecule has 1 amide bonds. The van der Waals surface area contributed by atoms with E-state index in [9.17, 15) is 14.3 Å². The summed E-state index contributed by atoms with van der Waals surface area (Å²) < 4.78 is 24.7. The second-order valence-electron chi connectivity index (χ2n) is 8.69. The lowest BCUT2D eigenvalue weighted by Gasteiger charge is -2.37. The molecule has 0 spiro atoms. The summed E-state index contributed by atoms with van der Waals surface area (Å²) >= 11 is 1.70. The Balaban J connectivity index is 1.67. The maximum atomic E-state index is 13.4.